The van der Waals surface area contributed by atoms with E-state index in [1.54, 1.807) is 20.0 Å². The number of fused-ring (bicyclic) bond motifs is 2. The summed E-state index contributed by atoms with van der Waals surface area (Å²) in [5, 5.41) is 4.07. The summed E-state index contributed by atoms with van der Waals surface area (Å²) in [6.45, 7) is 1.60. The van der Waals surface area contributed by atoms with Crippen LogP contribution < -0.4 is 5.43 Å². The number of nitrogens with zero attached hydrogens (tertiary/aromatic N) is 4. The molecular formula is C13H12N4O3S. The number of benzene rings is 1. The molecule has 108 valence electrons. The average molecular weight is 304 g/mol. The van der Waals surface area contributed by atoms with E-state index in [1.165, 1.54) is 16.8 Å². The highest BCUT2D eigenvalue weighted by Crippen LogP contribution is 2.18. The summed E-state index contributed by atoms with van der Waals surface area (Å²) in [4.78, 5) is 20.9. The Morgan fingerprint density at radius 2 is 1.86 bits per heavy atom. The van der Waals surface area contributed by atoms with Crippen molar-refractivity contribution in [2.24, 2.45) is 7.05 Å². The number of rotatable bonds is 1. The standard InChI is InChI=1S/C13H12N4O3S/c1-7-12(18)11-13(17(2)16-7)15-9-5-4-8(21(3,19)20)6-10(9)14-11/h4-6H,1-3H3. The van der Waals surface area contributed by atoms with Crippen LogP contribution in [-0.2, 0) is 16.9 Å². The van der Waals surface area contributed by atoms with Gasteiger partial charge < -0.3 is 0 Å². The molecule has 0 saturated heterocycles. The number of hydrogen-bond acceptors (Lipinski definition) is 6. The third-order valence-electron chi connectivity index (χ3n) is 3.20. The van der Waals surface area contributed by atoms with Crippen molar-refractivity contribution in [3.8, 4) is 0 Å². The van der Waals surface area contributed by atoms with Crippen LogP contribution in [0, 0.1) is 6.92 Å². The Bertz CT molecular complexity index is 1050. The normalized spacial score (nSPS) is 12.1. The topological polar surface area (TPSA) is 94.8 Å². The van der Waals surface area contributed by atoms with Crippen LogP contribution in [0.2, 0.25) is 0 Å². The highest BCUT2D eigenvalue weighted by atomic mass is 32.2. The van der Waals surface area contributed by atoms with Crippen molar-refractivity contribution >= 4 is 32.0 Å². The highest BCUT2D eigenvalue weighted by Gasteiger charge is 2.13. The largest absolute Gasteiger partial charge is 0.285 e. The van der Waals surface area contributed by atoms with Crippen LogP contribution >= 0.6 is 0 Å². The van der Waals surface area contributed by atoms with Gasteiger partial charge in [-0.3, -0.25) is 4.79 Å². The summed E-state index contributed by atoms with van der Waals surface area (Å²) in [6, 6.07) is 4.46. The zero-order valence-electron chi connectivity index (χ0n) is 11.7. The third kappa shape index (κ3) is 2.17. The quantitative estimate of drug-likeness (QED) is 0.611. The number of aryl methyl sites for hydroxylation is 2. The lowest BCUT2D eigenvalue weighted by atomic mass is 10.3. The second kappa shape index (κ2) is 4.32. The first-order valence-corrected chi connectivity index (χ1v) is 8.02. The van der Waals surface area contributed by atoms with Gasteiger partial charge in [-0.15, -0.1) is 0 Å². The van der Waals surface area contributed by atoms with Gasteiger partial charge in [0, 0.05) is 13.3 Å². The van der Waals surface area contributed by atoms with Crippen molar-refractivity contribution < 1.29 is 8.42 Å². The molecule has 7 nitrogen and oxygen atoms in total. The molecule has 21 heavy (non-hydrogen) atoms. The summed E-state index contributed by atoms with van der Waals surface area (Å²) in [6.07, 6.45) is 1.12. The molecule has 2 heterocycles. The number of aromatic nitrogens is 4. The minimum Gasteiger partial charge on any atom is -0.285 e. The first-order valence-electron chi connectivity index (χ1n) is 6.13. The fourth-order valence-corrected chi connectivity index (χ4v) is 2.76. The lowest BCUT2D eigenvalue weighted by molar-refractivity contribution is 0.602. The van der Waals surface area contributed by atoms with Crippen LogP contribution in [0.5, 0.6) is 0 Å². The monoisotopic (exact) mass is 304 g/mol. The van der Waals surface area contributed by atoms with Crippen LogP contribution in [0.15, 0.2) is 27.9 Å². The minimum atomic E-state index is -3.34. The van der Waals surface area contributed by atoms with Gasteiger partial charge in [0.05, 0.1) is 15.9 Å². The fraction of sp³-hybridized carbons (Fsp3) is 0.231. The Morgan fingerprint density at radius 3 is 2.52 bits per heavy atom. The van der Waals surface area contributed by atoms with Crippen LogP contribution in [0.4, 0.5) is 0 Å². The van der Waals surface area contributed by atoms with Crippen LogP contribution in [0.3, 0.4) is 0 Å². The Labute approximate surface area is 120 Å². The van der Waals surface area contributed by atoms with E-state index in [2.05, 4.69) is 15.1 Å². The van der Waals surface area contributed by atoms with Gasteiger partial charge in [0.2, 0.25) is 5.43 Å². The van der Waals surface area contributed by atoms with Gasteiger partial charge in [0.1, 0.15) is 5.69 Å². The molecule has 0 atom stereocenters. The Hall–Kier alpha value is -2.35. The fourth-order valence-electron chi connectivity index (χ4n) is 2.12. The van der Waals surface area contributed by atoms with E-state index < -0.39 is 9.84 Å². The first-order chi connectivity index (χ1) is 9.77. The summed E-state index contributed by atoms with van der Waals surface area (Å²) in [5.41, 5.74) is 1.44. The molecule has 2 aromatic heterocycles. The van der Waals surface area contributed by atoms with Crippen molar-refractivity contribution in [1.82, 2.24) is 19.7 Å². The molecular weight excluding hydrogens is 292 g/mol. The Balaban J connectivity index is 2.48. The molecule has 0 bridgehead atoms. The van der Waals surface area contributed by atoms with Gasteiger partial charge in [-0.2, -0.15) is 5.10 Å². The number of hydrogen-bond donors (Lipinski definition) is 0. The summed E-state index contributed by atoms with van der Waals surface area (Å²) < 4.78 is 24.7. The summed E-state index contributed by atoms with van der Waals surface area (Å²) in [7, 11) is -1.66. The molecule has 3 aromatic rings. The van der Waals surface area contributed by atoms with Crippen molar-refractivity contribution in [3.63, 3.8) is 0 Å². The van der Waals surface area contributed by atoms with E-state index in [9.17, 15) is 13.2 Å². The lowest BCUT2D eigenvalue weighted by Gasteiger charge is -2.06. The summed E-state index contributed by atoms with van der Waals surface area (Å²) >= 11 is 0. The molecule has 0 radical (unpaired) electrons. The van der Waals surface area contributed by atoms with Gasteiger partial charge >= 0.3 is 0 Å². The third-order valence-corrected chi connectivity index (χ3v) is 4.31. The van der Waals surface area contributed by atoms with Gasteiger partial charge in [-0.05, 0) is 25.1 Å². The molecule has 0 saturated carbocycles. The molecule has 0 unspecified atom stereocenters. The van der Waals surface area contributed by atoms with Crippen molar-refractivity contribution in [1.29, 1.82) is 0 Å². The maximum atomic E-state index is 12.1. The van der Waals surface area contributed by atoms with Gasteiger partial charge in [0.25, 0.3) is 0 Å². The first kappa shape index (κ1) is 13.6. The Kier molecular flexibility index (Phi) is 2.80. The molecule has 0 amide bonds. The van der Waals surface area contributed by atoms with E-state index in [1.807, 2.05) is 0 Å². The second-order valence-electron chi connectivity index (χ2n) is 4.86. The van der Waals surface area contributed by atoms with E-state index >= 15 is 0 Å². The molecule has 1 aromatic carbocycles. The molecule has 0 aliphatic rings. The number of sulfone groups is 1. The maximum Gasteiger partial charge on any atom is 0.230 e. The van der Waals surface area contributed by atoms with E-state index in [-0.39, 0.29) is 15.8 Å². The molecule has 0 aliphatic heterocycles. The molecule has 0 N–H and O–H groups in total. The highest BCUT2D eigenvalue weighted by molar-refractivity contribution is 7.90. The Morgan fingerprint density at radius 1 is 1.14 bits per heavy atom. The smallest absolute Gasteiger partial charge is 0.230 e. The van der Waals surface area contributed by atoms with Crippen LogP contribution in [-0.4, -0.2) is 34.4 Å². The van der Waals surface area contributed by atoms with Gasteiger partial charge in [-0.1, -0.05) is 0 Å². The van der Waals surface area contributed by atoms with E-state index in [0.717, 1.165) is 6.26 Å². The zero-order chi connectivity index (χ0) is 15.4. The SMILES string of the molecule is Cc1nn(C)c2nc3ccc(S(C)(=O)=O)cc3nc2c1=O. The van der Waals surface area contributed by atoms with Gasteiger partial charge in [-0.25, -0.2) is 23.1 Å². The molecule has 0 aliphatic carbocycles. The van der Waals surface area contributed by atoms with Crippen molar-refractivity contribution in [2.45, 2.75) is 11.8 Å². The molecule has 0 fully saturated rings. The molecule has 0 spiro atoms. The summed E-state index contributed by atoms with van der Waals surface area (Å²) in [5.74, 6) is 0. The van der Waals surface area contributed by atoms with Crippen LogP contribution in [0.1, 0.15) is 5.69 Å². The minimum absolute atomic E-state index is 0.145. The van der Waals surface area contributed by atoms with Crippen molar-refractivity contribution in [3.05, 3.63) is 34.1 Å². The predicted molar refractivity (Wildman–Crippen MR) is 77.9 cm³/mol. The lowest BCUT2D eigenvalue weighted by Crippen LogP contribution is -2.17. The maximum absolute atomic E-state index is 12.1. The average Bonchev–Trinajstić information content (AvgIpc) is 2.42. The van der Waals surface area contributed by atoms with Crippen LogP contribution in [0.25, 0.3) is 22.2 Å². The molecule has 3 rings (SSSR count). The zero-order valence-corrected chi connectivity index (χ0v) is 12.5. The second-order valence-corrected chi connectivity index (χ2v) is 6.87. The predicted octanol–water partition coefficient (Wildman–Crippen LogP) is 0.589. The van der Waals surface area contributed by atoms with Crippen molar-refractivity contribution in [2.75, 3.05) is 6.26 Å². The van der Waals surface area contributed by atoms with E-state index in [4.69, 9.17) is 0 Å². The van der Waals surface area contributed by atoms with Gasteiger partial charge in [0.15, 0.2) is 21.0 Å². The molecule has 8 heteroatoms. The van der Waals surface area contributed by atoms with E-state index in [0.29, 0.717) is 22.4 Å².